The van der Waals surface area contributed by atoms with Gasteiger partial charge in [0.1, 0.15) is 0 Å². The Morgan fingerprint density at radius 1 is 1.04 bits per heavy atom. The molecule has 0 saturated carbocycles. The number of anilines is 1. The standard InChI is InChI=1S/C15H13NO4S.C2H6/c1-8-6-9(14(17)18)7-11(16)13(8)21-12-5-3-2-4-10(12)15(19)20;1-2/h2-7H,16H2,1H3,(H,17,18)(H,19,20);1-2H3. The molecule has 2 aromatic rings. The smallest absolute Gasteiger partial charge is 0.336 e. The third-order valence-corrected chi connectivity index (χ3v) is 4.22. The summed E-state index contributed by atoms with van der Waals surface area (Å²) in [5.74, 6) is -2.07. The zero-order valence-corrected chi connectivity index (χ0v) is 14.0. The highest BCUT2D eigenvalue weighted by atomic mass is 32.2. The summed E-state index contributed by atoms with van der Waals surface area (Å²) in [7, 11) is 0. The van der Waals surface area contributed by atoms with Crippen LogP contribution in [0, 0.1) is 6.92 Å². The Balaban J connectivity index is 0.00000127. The molecule has 23 heavy (non-hydrogen) atoms. The highest BCUT2D eigenvalue weighted by Gasteiger charge is 2.15. The number of benzene rings is 2. The number of carbonyl (C=O) groups is 2. The Kier molecular flexibility index (Phi) is 6.65. The molecule has 122 valence electrons. The van der Waals surface area contributed by atoms with Crippen LogP contribution in [0.15, 0.2) is 46.2 Å². The average Bonchev–Trinajstić information content (AvgIpc) is 2.52. The first-order valence-corrected chi connectivity index (χ1v) is 7.85. The van der Waals surface area contributed by atoms with Gasteiger partial charge < -0.3 is 15.9 Å². The van der Waals surface area contributed by atoms with E-state index in [0.717, 1.165) is 0 Å². The van der Waals surface area contributed by atoms with Crippen LogP contribution >= 0.6 is 11.8 Å². The predicted molar refractivity (Wildman–Crippen MR) is 91.4 cm³/mol. The lowest BCUT2D eigenvalue weighted by Gasteiger charge is -2.12. The number of aromatic carboxylic acids is 2. The molecule has 0 atom stereocenters. The monoisotopic (exact) mass is 333 g/mol. The molecule has 0 heterocycles. The van der Waals surface area contributed by atoms with E-state index < -0.39 is 11.9 Å². The molecule has 4 N–H and O–H groups in total. The van der Waals surface area contributed by atoms with Crippen LogP contribution < -0.4 is 5.73 Å². The number of aryl methyl sites for hydroxylation is 1. The van der Waals surface area contributed by atoms with Crippen molar-refractivity contribution < 1.29 is 19.8 Å². The summed E-state index contributed by atoms with van der Waals surface area (Å²) >= 11 is 1.22. The molecular formula is C17H19NO4S. The van der Waals surface area contributed by atoms with E-state index >= 15 is 0 Å². The van der Waals surface area contributed by atoms with Crippen LogP contribution in [0.1, 0.15) is 40.1 Å². The Hall–Kier alpha value is -2.47. The average molecular weight is 333 g/mol. The number of nitrogens with two attached hydrogens (primary N) is 1. The molecule has 2 aromatic carbocycles. The van der Waals surface area contributed by atoms with Crippen molar-refractivity contribution in [1.29, 1.82) is 0 Å². The van der Waals surface area contributed by atoms with Crippen molar-refractivity contribution in [1.82, 2.24) is 0 Å². The first-order chi connectivity index (χ1) is 10.9. The second-order valence-electron chi connectivity index (χ2n) is 4.42. The van der Waals surface area contributed by atoms with E-state index in [1.54, 1.807) is 25.1 Å². The minimum atomic E-state index is -1.05. The number of nitrogen functional groups attached to an aromatic ring is 1. The number of carboxylic acids is 2. The largest absolute Gasteiger partial charge is 0.478 e. The lowest BCUT2D eigenvalue weighted by Crippen LogP contribution is -2.02. The van der Waals surface area contributed by atoms with E-state index in [-0.39, 0.29) is 11.1 Å². The van der Waals surface area contributed by atoms with Crippen LogP contribution in [-0.2, 0) is 0 Å². The van der Waals surface area contributed by atoms with E-state index in [4.69, 9.17) is 10.8 Å². The molecule has 0 aliphatic carbocycles. The van der Waals surface area contributed by atoms with Gasteiger partial charge in [0, 0.05) is 15.5 Å². The third-order valence-electron chi connectivity index (χ3n) is 2.88. The molecule has 0 radical (unpaired) electrons. The molecule has 0 aromatic heterocycles. The molecule has 0 saturated heterocycles. The summed E-state index contributed by atoms with van der Waals surface area (Å²) in [5, 5.41) is 18.2. The third kappa shape index (κ3) is 4.50. The second-order valence-corrected chi connectivity index (χ2v) is 5.47. The van der Waals surface area contributed by atoms with Gasteiger partial charge in [-0.2, -0.15) is 0 Å². The summed E-state index contributed by atoms with van der Waals surface area (Å²) in [5.41, 5.74) is 7.21. The normalized spacial score (nSPS) is 9.70. The number of carboxylic acid groups (broad SMARTS) is 2. The summed E-state index contributed by atoms with van der Waals surface area (Å²) < 4.78 is 0. The maximum Gasteiger partial charge on any atom is 0.336 e. The minimum Gasteiger partial charge on any atom is -0.478 e. The van der Waals surface area contributed by atoms with Gasteiger partial charge in [0.05, 0.1) is 11.1 Å². The topological polar surface area (TPSA) is 101 Å². The van der Waals surface area contributed by atoms with E-state index in [1.165, 1.54) is 30.0 Å². The molecule has 0 aliphatic rings. The van der Waals surface area contributed by atoms with Gasteiger partial charge in [0.25, 0.3) is 0 Å². The zero-order valence-electron chi connectivity index (χ0n) is 13.2. The number of hydrogen-bond donors (Lipinski definition) is 3. The van der Waals surface area contributed by atoms with Crippen LogP contribution in [0.4, 0.5) is 5.69 Å². The van der Waals surface area contributed by atoms with Gasteiger partial charge in [0.2, 0.25) is 0 Å². The molecule has 0 bridgehead atoms. The van der Waals surface area contributed by atoms with E-state index in [2.05, 4.69) is 0 Å². The molecule has 5 nitrogen and oxygen atoms in total. The first-order valence-electron chi connectivity index (χ1n) is 7.03. The van der Waals surface area contributed by atoms with Crippen molar-refractivity contribution in [3.8, 4) is 0 Å². The minimum absolute atomic E-state index is 0.112. The van der Waals surface area contributed by atoms with Gasteiger partial charge >= 0.3 is 11.9 Å². The Morgan fingerprint density at radius 2 is 1.65 bits per heavy atom. The highest BCUT2D eigenvalue weighted by Crippen LogP contribution is 2.37. The molecule has 0 aliphatic heterocycles. The van der Waals surface area contributed by atoms with Crippen molar-refractivity contribution in [2.45, 2.75) is 30.6 Å². The van der Waals surface area contributed by atoms with Crippen molar-refractivity contribution in [2.75, 3.05) is 5.73 Å². The fraction of sp³-hybridized carbons (Fsp3) is 0.176. The summed E-state index contributed by atoms with van der Waals surface area (Å²) in [6, 6.07) is 9.49. The maximum absolute atomic E-state index is 11.2. The van der Waals surface area contributed by atoms with Gasteiger partial charge in [-0.05, 0) is 36.8 Å². The summed E-state index contributed by atoms with van der Waals surface area (Å²) in [4.78, 5) is 23.4. The van der Waals surface area contributed by atoms with Crippen LogP contribution in [-0.4, -0.2) is 22.2 Å². The molecule has 0 spiro atoms. The van der Waals surface area contributed by atoms with Gasteiger partial charge in [-0.15, -0.1) is 0 Å². The Bertz CT molecular complexity index is 705. The fourth-order valence-electron chi connectivity index (χ4n) is 1.91. The Labute approximate surface area is 139 Å². The summed E-state index contributed by atoms with van der Waals surface area (Å²) in [6.45, 7) is 5.74. The van der Waals surface area contributed by atoms with Crippen LogP contribution in [0.5, 0.6) is 0 Å². The second kappa shape index (κ2) is 8.24. The maximum atomic E-state index is 11.2. The van der Waals surface area contributed by atoms with E-state index in [0.29, 0.717) is 21.0 Å². The van der Waals surface area contributed by atoms with Crippen molar-refractivity contribution in [3.63, 3.8) is 0 Å². The van der Waals surface area contributed by atoms with Crippen LogP contribution in [0.3, 0.4) is 0 Å². The summed E-state index contributed by atoms with van der Waals surface area (Å²) in [6.07, 6.45) is 0. The quantitative estimate of drug-likeness (QED) is 0.727. The molecule has 0 unspecified atom stereocenters. The number of rotatable bonds is 4. The molecule has 0 amide bonds. The van der Waals surface area contributed by atoms with Crippen LogP contribution in [0.25, 0.3) is 0 Å². The lowest BCUT2D eigenvalue weighted by molar-refractivity contribution is 0.0684. The number of hydrogen-bond acceptors (Lipinski definition) is 4. The SMILES string of the molecule is CC.Cc1cc(C(=O)O)cc(N)c1Sc1ccccc1C(=O)O. The van der Waals surface area contributed by atoms with Crippen LogP contribution in [0.2, 0.25) is 0 Å². The van der Waals surface area contributed by atoms with E-state index in [1.807, 2.05) is 13.8 Å². The Morgan fingerprint density at radius 3 is 2.17 bits per heavy atom. The zero-order chi connectivity index (χ0) is 17.6. The highest BCUT2D eigenvalue weighted by molar-refractivity contribution is 7.99. The fourth-order valence-corrected chi connectivity index (χ4v) is 2.93. The molecule has 2 rings (SSSR count). The lowest BCUT2D eigenvalue weighted by atomic mass is 10.1. The molecule has 6 heteroatoms. The van der Waals surface area contributed by atoms with Crippen molar-refractivity contribution in [2.24, 2.45) is 0 Å². The van der Waals surface area contributed by atoms with Gasteiger partial charge in [-0.3, -0.25) is 0 Å². The molecule has 0 fully saturated rings. The van der Waals surface area contributed by atoms with Gasteiger partial charge in [-0.1, -0.05) is 37.7 Å². The molecular weight excluding hydrogens is 314 g/mol. The van der Waals surface area contributed by atoms with Gasteiger partial charge in [-0.25, -0.2) is 9.59 Å². The predicted octanol–water partition coefficient (Wildman–Crippen LogP) is 4.15. The van der Waals surface area contributed by atoms with Gasteiger partial charge in [0.15, 0.2) is 0 Å². The van der Waals surface area contributed by atoms with E-state index in [9.17, 15) is 14.7 Å². The first kappa shape index (κ1) is 18.6. The van der Waals surface area contributed by atoms with Crippen molar-refractivity contribution in [3.05, 3.63) is 53.1 Å². The van der Waals surface area contributed by atoms with Crippen molar-refractivity contribution >= 4 is 29.4 Å².